The van der Waals surface area contributed by atoms with Gasteiger partial charge in [-0.1, -0.05) is 25.1 Å². The summed E-state index contributed by atoms with van der Waals surface area (Å²) < 4.78 is 0. The lowest BCUT2D eigenvalue weighted by atomic mass is 10.1. The molecule has 1 saturated heterocycles. The average Bonchev–Trinajstić information content (AvgIpc) is 2.40. The molecule has 2 N–H and O–H groups in total. The van der Waals surface area contributed by atoms with Crippen molar-refractivity contribution in [2.45, 2.75) is 13.3 Å². The number of hydrogen-bond donors (Lipinski definition) is 1. The number of para-hydroxylation sites is 1. The molecule has 17 heavy (non-hydrogen) atoms. The summed E-state index contributed by atoms with van der Waals surface area (Å²) in [5.41, 5.74) is 8.47. The summed E-state index contributed by atoms with van der Waals surface area (Å²) in [6.07, 6.45) is 1.11. The SMILES string of the molecule is CCc1ccccc1N1CCN(CCN)CC1. The molecule has 0 saturated carbocycles. The van der Waals surface area contributed by atoms with Gasteiger partial charge in [0.05, 0.1) is 0 Å². The molecule has 0 bridgehead atoms. The van der Waals surface area contributed by atoms with E-state index in [0.717, 1.165) is 45.7 Å². The van der Waals surface area contributed by atoms with Crippen molar-refractivity contribution in [2.24, 2.45) is 5.73 Å². The predicted molar refractivity (Wildman–Crippen MR) is 73.5 cm³/mol. The van der Waals surface area contributed by atoms with Gasteiger partial charge in [-0.25, -0.2) is 0 Å². The molecule has 0 unspecified atom stereocenters. The fraction of sp³-hybridized carbons (Fsp3) is 0.571. The van der Waals surface area contributed by atoms with Crippen molar-refractivity contribution >= 4 is 5.69 Å². The van der Waals surface area contributed by atoms with E-state index in [1.807, 2.05) is 0 Å². The Morgan fingerprint density at radius 3 is 2.47 bits per heavy atom. The molecule has 0 radical (unpaired) electrons. The Labute approximate surface area is 104 Å². The van der Waals surface area contributed by atoms with Gasteiger partial charge in [-0.15, -0.1) is 0 Å². The Morgan fingerprint density at radius 1 is 1.12 bits per heavy atom. The minimum atomic E-state index is 0.769. The highest BCUT2D eigenvalue weighted by Crippen LogP contribution is 2.22. The van der Waals surface area contributed by atoms with E-state index >= 15 is 0 Å². The van der Waals surface area contributed by atoms with E-state index in [1.165, 1.54) is 11.3 Å². The van der Waals surface area contributed by atoms with Crippen LogP contribution in [0.15, 0.2) is 24.3 Å². The zero-order chi connectivity index (χ0) is 12.1. The zero-order valence-electron chi connectivity index (χ0n) is 10.7. The maximum Gasteiger partial charge on any atom is 0.0399 e. The summed E-state index contributed by atoms with van der Waals surface area (Å²) in [5, 5.41) is 0. The normalized spacial score (nSPS) is 17.4. The Balaban J connectivity index is 2.00. The van der Waals surface area contributed by atoms with Crippen molar-refractivity contribution < 1.29 is 0 Å². The molecule has 1 aromatic rings. The summed E-state index contributed by atoms with van der Waals surface area (Å²) in [7, 11) is 0. The second kappa shape index (κ2) is 6.03. The van der Waals surface area contributed by atoms with Gasteiger partial charge in [0.15, 0.2) is 0 Å². The average molecular weight is 233 g/mol. The van der Waals surface area contributed by atoms with Crippen LogP contribution in [0.1, 0.15) is 12.5 Å². The fourth-order valence-electron chi connectivity index (χ4n) is 2.51. The first-order valence-electron chi connectivity index (χ1n) is 6.60. The lowest BCUT2D eigenvalue weighted by molar-refractivity contribution is 0.264. The Morgan fingerprint density at radius 2 is 1.82 bits per heavy atom. The molecule has 1 aliphatic rings. The Hall–Kier alpha value is -1.06. The minimum absolute atomic E-state index is 0.769. The summed E-state index contributed by atoms with van der Waals surface area (Å²) in [6, 6.07) is 8.76. The Bertz CT molecular complexity index is 343. The first-order chi connectivity index (χ1) is 8.35. The molecular formula is C14H23N3. The number of anilines is 1. The van der Waals surface area contributed by atoms with Gasteiger partial charge in [-0.3, -0.25) is 4.90 Å². The molecule has 0 aromatic heterocycles. The van der Waals surface area contributed by atoms with Gasteiger partial charge in [-0.2, -0.15) is 0 Å². The van der Waals surface area contributed by atoms with Crippen molar-refractivity contribution in [3.05, 3.63) is 29.8 Å². The molecule has 0 amide bonds. The van der Waals surface area contributed by atoms with Crippen molar-refractivity contribution in [3.8, 4) is 0 Å². The maximum atomic E-state index is 5.60. The summed E-state index contributed by atoms with van der Waals surface area (Å²) in [5.74, 6) is 0. The van der Waals surface area contributed by atoms with E-state index in [9.17, 15) is 0 Å². The molecule has 1 aromatic carbocycles. The quantitative estimate of drug-likeness (QED) is 0.851. The number of rotatable bonds is 4. The highest BCUT2D eigenvalue weighted by molar-refractivity contribution is 5.54. The Kier molecular flexibility index (Phi) is 4.40. The van der Waals surface area contributed by atoms with Crippen LogP contribution in [-0.4, -0.2) is 44.2 Å². The summed E-state index contributed by atoms with van der Waals surface area (Å²) in [4.78, 5) is 4.96. The van der Waals surface area contributed by atoms with E-state index in [1.54, 1.807) is 0 Å². The third kappa shape index (κ3) is 2.99. The molecule has 1 fully saturated rings. The third-order valence-electron chi connectivity index (χ3n) is 3.53. The maximum absolute atomic E-state index is 5.60. The van der Waals surface area contributed by atoms with Crippen LogP contribution < -0.4 is 10.6 Å². The number of nitrogens with two attached hydrogens (primary N) is 1. The van der Waals surface area contributed by atoms with Gasteiger partial charge < -0.3 is 10.6 Å². The molecule has 3 nitrogen and oxygen atoms in total. The smallest absolute Gasteiger partial charge is 0.0399 e. The van der Waals surface area contributed by atoms with E-state index in [-0.39, 0.29) is 0 Å². The topological polar surface area (TPSA) is 32.5 Å². The van der Waals surface area contributed by atoms with E-state index in [4.69, 9.17) is 5.73 Å². The van der Waals surface area contributed by atoms with Crippen LogP contribution in [0.5, 0.6) is 0 Å². The second-order valence-electron chi connectivity index (χ2n) is 4.60. The molecule has 1 aliphatic heterocycles. The highest BCUT2D eigenvalue weighted by Gasteiger charge is 2.17. The van der Waals surface area contributed by atoms with Crippen LogP contribution in [0.4, 0.5) is 5.69 Å². The van der Waals surface area contributed by atoms with E-state index in [0.29, 0.717) is 0 Å². The van der Waals surface area contributed by atoms with Gasteiger partial charge in [0.2, 0.25) is 0 Å². The lowest BCUT2D eigenvalue weighted by Crippen LogP contribution is -2.48. The summed E-state index contributed by atoms with van der Waals surface area (Å²) >= 11 is 0. The lowest BCUT2D eigenvalue weighted by Gasteiger charge is -2.36. The van der Waals surface area contributed by atoms with E-state index in [2.05, 4.69) is 41.0 Å². The largest absolute Gasteiger partial charge is 0.369 e. The van der Waals surface area contributed by atoms with Crippen LogP contribution >= 0.6 is 0 Å². The van der Waals surface area contributed by atoms with Crippen molar-refractivity contribution in [1.29, 1.82) is 0 Å². The molecular weight excluding hydrogens is 210 g/mol. The van der Waals surface area contributed by atoms with Crippen molar-refractivity contribution in [1.82, 2.24) is 4.90 Å². The monoisotopic (exact) mass is 233 g/mol. The molecule has 94 valence electrons. The zero-order valence-corrected chi connectivity index (χ0v) is 10.7. The number of hydrogen-bond acceptors (Lipinski definition) is 3. The van der Waals surface area contributed by atoms with Crippen molar-refractivity contribution in [3.63, 3.8) is 0 Å². The predicted octanol–water partition coefficient (Wildman–Crippen LogP) is 1.33. The number of nitrogens with zero attached hydrogens (tertiary/aromatic N) is 2. The second-order valence-corrected chi connectivity index (χ2v) is 4.60. The summed E-state index contributed by atoms with van der Waals surface area (Å²) in [6.45, 7) is 8.54. The van der Waals surface area contributed by atoms with Crippen LogP contribution in [-0.2, 0) is 6.42 Å². The van der Waals surface area contributed by atoms with Gasteiger partial charge in [-0.05, 0) is 18.1 Å². The molecule has 2 rings (SSSR count). The highest BCUT2D eigenvalue weighted by atomic mass is 15.3. The van der Waals surface area contributed by atoms with Crippen LogP contribution in [0.25, 0.3) is 0 Å². The van der Waals surface area contributed by atoms with Gasteiger partial charge in [0.1, 0.15) is 0 Å². The van der Waals surface area contributed by atoms with Crippen LogP contribution in [0.2, 0.25) is 0 Å². The molecule has 3 heteroatoms. The minimum Gasteiger partial charge on any atom is -0.369 e. The van der Waals surface area contributed by atoms with Gasteiger partial charge >= 0.3 is 0 Å². The van der Waals surface area contributed by atoms with E-state index < -0.39 is 0 Å². The molecule has 0 atom stereocenters. The first kappa shape index (κ1) is 12.4. The fourth-order valence-corrected chi connectivity index (χ4v) is 2.51. The number of benzene rings is 1. The molecule has 1 heterocycles. The number of aryl methyl sites for hydroxylation is 1. The molecule has 0 spiro atoms. The standard InChI is InChI=1S/C14H23N3/c1-2-13-5-3-4-6-14(13)17-11-9-16(8-7-15)10-12-17/h3-6H,2,7-12,15H2,1H3. The molecule has 0 aliphatic carbocycles. The number of piperazine rings is 1. The van der Waals surface area contributed by atoms with Crippen LogP contribution in [0, 0.1) is 0 Å². The van der Waals surface area contributed by atoms with Crippen LogP contribution in [0.3, 0.4) is 0 Å². The van der Waals surface area contributed by atoms with Crippen molar-refractivity contribution in [2.75, 3.05) is 44.2 Å². The first-order valence-corrected chi connectivity index (χ1v) is 6.60. The van der Waals surface area contributed by atoms with Gasteiger partial charge in [0, 0.05) is 45.0 Å². The van der Waals surface area contributed by atoms with Gasteiger partial charge in [0.25, 0.3) is 0 Å². The third-order valence-corrected chi connectivity index (χ3v) is 3.53.